The van der Waals surface area contributed by atoms with Crippen molar-refractivity contribution in [1.82, 2.24) is 19.7 Å². The van der Waals surface area contributed by atoms with Crippen LogP contribution in [0.15, 0.2) is 42.5 Å². The first-order valence-corrected chi connectivity index (χ1v) is 9.81. The van der Waals surface area contributed by atoms with E-state index in [1.54, 1.807) is 21.7 Å². The third kappa shape index (κ3) is 4.04. The number of hydrogen-bond donors (Lipinski definition) is 0. The molecule has 3 heterocycles. The monoisotopic (exact) mass is 432 g/mol. The highest BCUT2D eigenvalue weighted by Gasteiger charge is 2.34. The maximum absolute atomic E-state index is 13.3. The molecule has 0 radical (unpaired) electrons. The minimum atomic E-state index is -4.58. The van der Waals surface area contributed by atoms with Gasteiger partial charge in [0.1, 0.15) is 17.2 Å². The second-order valence-electron chi connectivity index (χ2n) is 7.54. The number of carbonyl (C=O) groups excluding carboxylic acids is 1. The van der Waals surface area contributed by atoms with E-state index in [4.69, 9.17) is 0 Å². The SMILES string of the molecule is CC(=O)N1CCc2c(c(-c3cccc(C(F)(F)F)n3)nn2C(C)c2ccc(F)cc2)C1. The normalized spacial score (nSPS) is 15.0. The summed E-state index contributed by atoms with van der Waals surface area (Å²) in [7, 11) is 0. The Morgan fingerprint density at radius 3 is 2.48 bits per heavy atom. The topological polar surface area (TPSA) is 51.0 Å². The van der Waals surface area contributed by atoms with Gasteiger partial charge in [0.05, 0.1) is 11.7 Å². The van der Waals surface area contributed by atoms with Crippen LogP contribution in [0.2, 0.25) is 0 Å². The Kier molecular flexibility index (Phi) is 5.28. The summed E-state index contributed by atoms with van der Waals surface area (Å²) in [5, 5.41) is 4.63. The number of fused-ring (bicyclic) bond motifs is 1. The smallest absolute Gasteiger partial charge is 0.338 e. The molecule has 1 aliphatic heterocycles. The lowest BCUT2D eigenvalue weighted by atomic mass is 10.0. The summed E-state index contributed by atoms with van der Waals surface area (Å²) >= 11 is 0. The minimum absolute atomic E-state index is 0.0986. The second kappa shape index (κ2) is 7.79. The first kappa shape index (κ1) is 21.0. The lowest BCUT2D eigenvalue weighted by Gasteiger charge is -2.27. The van der Waals surface area contributed by atoms with Crippen molar-refractivity contribution in [3.05, 3.63) is 70.8 Å². The first-order valence-electron chi connectivity index (χ1n) is 9.81. The Labute approximate surface area is 176 Å². The maximum Gasteiger partial charge on any atom is 0.433 e. The predicted octanol–water partition coefficient (Wildman–Crippen LogP) is 4.62. The van der Waals surface area contributed by atoms with Crippen LogP contribution in [0.3, 0.4) is 0 Å². The van der Waals surface area contributed by atoms with Gasteiger partial charge in [0, 0.05) is 37.7 Å². The number of alkyl halides is 3. The van der Waals surface area contributed by atoms with Gasteiger partial charge in [-0.2, -0.15) is 18.3 Å². The molecule has 31 heavy (non-hydrogen) atoms. The number of nitrogens with zero attached hydrogens (tertiary/aromatic N) is 4. The van der Waals surface area contributed by atoms with Crippen molar-refractivity contribution in [2.24, 2.45) is 0 Å². The van der Waals surface area contributed by atoms with E-state index in [1.807, 2.05) is 6.92 Å². The number of benzene rings is 1. The standard InChI is InChI=1S/C22H20F4N4O/c1-13(15-6-8-16(23)9-7-15)30-19-10-11-29(14(2)31)12-17(19)21(28-30)18-4-3-5-20(27-18)22(24,25)26/h3-9,13H,10-12H2,1-2H3. The summed E-state index contributed by atoms with van der Waals surface area (Å²) in [4.78, 5) is 17.4. The van der Waals surface area contributed by atoms with Crippen LogP contribution in [0.25, 0.3) is 11.4 Å². The average Bonchev–Trinajstić information content (AvgIpc) is 3.12. The number of carbonyl (C=O) groups is 1. The third-order valence-electron chi connectivity index (χ3n) is 5.53. The molecule has 2 aromatic heterocycles. The minimum Gasteiger partial charge on any atom is -0.338 e. The van der Waals surface area contributed by atoms with Crippen molar-refractivity contribution in [3.8, 4) is 11.4 Å². The molecule has 0 fully saturated rings. The average molecular weight is 432 g/mol. The molecular formula is C22H20F4N4O. The lowest BCUT2D eigenvalue weighted by Crippen LogP contribution is -2.35. The molecule has 0 aliphatic carbocycles. The molecule has 162 valence electrons. The van der Waals surface area contributed by atoms with Crippen molar-refractivity contribution in [1.29, 1.82) is 0 Å². The van der Waals surface area contributed by atoms with Gasteiger partial charge >= 0.3 is 6.18 Å². The summed E-state index contributed by atoms with van der Waals surface area (Å²) in [6.45, 7) is 4.08. The molecule has 0 saturated carbocycles. The fourth-order valence-corrected chi connectivity index (χ4v) is 3.85. The summed E-state index contributed by atoms with van der Waals surface area (Å²) in [6, 6.07) is 9.43. The van der Waals surface area contributed by atoms with Gasteiger partial charge in [-0.15, -0.1) is 0 Å². The van der Waals surface area contributed by atoms with Gasteiger partial charge in [-0.1, -0.05) is 18.2 Å². The molecule has 1 aliphatic rings. The number of amides is 1. The molecule has 1 aromatic carbocycles. The fraction of sp³-hybridized carbons (Fsp3) is 0.318. The fourth-order valence-electron chi connectivity index (χ4n) is 3.85. The van der Waals surface area contributed by atoms with Crippen LogP contribution in [-0.2, 0) is 23.9 Å². The van der Waals surface area contributed by atoms with Gasteiger partial charge in [-0.3, -0.25) is 9.48 Å². The van der Waals surface area contributed by atoms with Crippen molar-refractivity contribution >= 4 is 5.91 Å². The van der Waals surface area contributed by atoms with E-state index in [9.17, 15) is 22.4 Å². The summed E-state index contributed by atoms with van der Waals surface area (Å²) < 4.78 is 54.7. The molecule has 1 atom stereocenters. The molecule has 3 aromatic rings. The van der Waals surface area contributed by atoms with Gasteiger partial charge < -0.3 is 4.90 Å². The number of rotatable bonds is 3. The molecular weight excluding hydrogens is 412 g/mol. The summed E-state index contributed by atoms with van der Waals surface area (Å²) in [5.74, 6) is -0.475. The molecule has 0 spiro atoms. The van der Waals surface area contributed by atoms with Gasteiger partial charge in [-0.25, -0.2) is 9.37 Å². The number of pyridine rings is 1. The Morgan fingerprint density at radius 2 is 1.84 bits per heavy atom. The van der Waals surface area contributed by atoms with Gasteiger partial charge in [0.25, 0.3) is 0 Å². The van der Waals surface area contributed by atoms with Crippen LogP contribution >= 0.6 is 0 Å². The van der Waals surface area contributed by atoms with Crippen LogP contribution in [0, 0.1) is 5.82 Å². The van der Waals surface area contributed by atoms with Crippen molar-refractivity contribution in [2.45, 2.75) is 39.0 Å². The van der Waals surface area contributed by atoms with Crippen molar-refractivity contribution < 1.29 is 22.4 Å². The van der Waals surface area contributed by atoms with E-state index in [1.165, 1.54) is 31.2 Å². The van der Waals surface area contributed by atoms with Crippen molar-refractivity contribution in [3.63, 3.8) is 0 Å². The molecule has 9 heteroatoms. The third-order valence-corrected chi connectivity index (χ3v) is 5.53. The number of aromatic nitrogens is 3. The second-order valence-corrected chi connectivity index (χ2v) is 7.54. The predicted molar refractivity (Wildman–Crippen MR) is 105 cm³/mol. The lowest BCUT2D eigenvalue weighted by molar-refractivity contribution is -0.141. The van der Waals surface area contributed by atoms with E-state index in [2.05, 4.69) is 10.1 Å². The van der Waals surface area contributed by atoms with E-state index in [0.29, 0.717) is 24.2 Å². The molecule has 5 nitrogen and oxygen atoms in total. The molecule has 4 rings (SSSR count). The van der Waals surface area contributed by atoms with Gasteiger partial charge in [0.2, 0.25) is 5.91 Å². The Morgan fingerprint density at radius 1 is 1.13 bits per heavy atom. The molecule has 1 unspecified atom stereocenters. The number of halogens is 4. The highest BCUT2D eigenvalue weighted by atomic mass is 19.4. The molecule has 0 bridgehead atoms. The zero-order chi connectivity index (χ0) is 22.3. The maximum atomic E-state index is 13.3. The summed E-state index contributed by atoms with van der Waals surface area (Å²) in [5.41, 5.74) is 1.75. The van der Waals surface area contributed by atoms with E-state index < -0.39 is 11.9 Å². The van der Waals surface area contributed by atoms with Crippen LogP contribution in [0.4, 0.5) is 17.6 Å². The Hall–Kier alpha value is -3.23. The zero-order valence-corrected chi connectivity index (χ0v) is 16.9. The van der Waals surface area contributed by atoms with E-state index in [-0.39, 0.29) is 30.0 Å². The van der Waals surface area contributed by atoms with Crippen LogP contribution in [-0.4, -0.2) is 32.1 Å². The highest BCUT2D eigenvalue weighted by Crippen LogP contribution is 2.34. The van der Waals surface area contributed by atoms with Gasteiger partial charge in [0.15, 0.2) is 0 Å². The Bertz CT molecular complexity index is 1120. The zero-order valence-electron chi connectivity index (χ0n) is 16.9. The van der Waals surface area contributed by atoms with Crippen LogP contribution in [0.5, 0.6) is 0 Å². The van der Waals surface area contributed by atoms with Gasteiger partial charge in [-0.05, 0) is 36.8 Å². The molecule has 0 N–H and O–H groups in total. The number of hydrogen-bond acceptors (Lipinski definition) is 3. The van der Waals surface area contributed by atoms with E-state index in [0.717, 1.165) is 17.3 Å². The Balaban J connectivity index is 1.84. The largest absolute Gasteiger partial charge is 0.433 e. The van der Waals surface area contributed by atoms with Crippen LogP contribution in [0.1, 0.15) is 42.4 Å². The van der Waals surface area contributed by atoms with E-state index >= 15 is 0 Å². The molecule has 1 amide bonds. The highest BCUT2D eigenvalue weighted by molar-refractivity contribution is 5.74. The molecule has 0 saturated heterocycles. The quantitative estimate of drug-likeness (QED) is 0.568. The summed E-state index contributed by atoms with van der Waals surface area (Å²) in [6.07, 6.45) is -4.07. The van der Waals surface area contributed by atoms with Crippen molar-refractivity contribution in [2.75, 3.05) is 6.54 Å². The first-order chi connectivity index (χ1) is 14.6. The van der Waals surface area contributed by atoms with Crippen LogP contribution < -0.4 is 0 Å².